The Labute approximate surface area is 93.2 Å². The van der Waals surface area contributed by atoms with E-state index in [9.17, 15) is 4.79 Å². The Morgan fingerprint density at radius 1 is 1.50 bits per heavy atom. The number of likely N-dealkylation sites (N-methyl/N-ethyl adjacent to an activating group) is 1. The monoisotopic (exact) mass is 220 g/mol. The molecule has 1 heterocycles. The molecule has 1 aromatic rings. The highest BCUT2D eigenvalue weighted by Gasteiger charge is 2.33. The highest BCUT2D eigenvalue weighted by molar-refractivity contribution is 5.81. The summed E-state index contributed by atoms with van der Waals surface area (Å²) in [5.74, 6) is -0.549. The van der Waals surface area contributed by atoms with Crippen LogP contribution in [-0.2, 0) is 4.79 Å². The molecule has 6 nitrogen and oxygen atoms in total. The summed E-state index contributed by atoms with van der Waals surface area (Å²) in [6.45, 7) is 3.13. The first-order valence-electron chi connectivity index (χ1n) is 4.59. The number of aliphatic carboxylic acids is 1. The molecule has 0 aromatic carbocycles. The van der Waals surface area contributed by atoms with Gasteiger partial charge < -0.3 is 10.0 Å². The molecule has 16 heavy (non-hydrogen) atoms. The van der Waals surface area contributed by atoms with Gasteiger partial charge in [-0.25, -0.2) is 14.8 Å². The van der Waals surface area contributed by atoms with Gasteiger partial charge in [0, 0.05) is 7.05 Å². The quantitative estimate of drug-likeness (QED) is 0.804. The molecule has 0 atom stereocenters. The van der Waals surface area contributed by atoms with Gasteiger partial charge in [-0.3, -0.25) is 0 Å². The zero-order valence-corrected chi connectivity index (χ0v) is 9.30. The van der Waals surface area contributed by atoms with E-state index >= 15 is 0 Å². The van der Waals surface area contributed by atoms with Crippen molar-refractivity contribution in [2.24, 2.45) is 0 Å². The summed E-state index contributed by atoms with van der Waals surface area (Å²) in [6, 6.07) is 1.85. The zero-order chi connectivity index (χ0) is 12.3. The summed E-state index contributed by atoms with van der Waals surface area (Å²) in [6.07, 6.45) is 2.69. The molecule has 1 aromatic heterocycles. The van der Waals surface area contributed by atoms with E-state index in [1.54, 1.807) is 20.9 Å². The number of hydrogen-bond acceptors (Lipinski definition) is 5. The maximum atomic E-state index is 11.0. The van der Waals surface area contributed by atoms with Crippen molar-refractivity contribution in [2.45, 2.75) is 19.4 Å². The molecule has 0 radical (unpaired) electrons. The normalized spacial score (nSPS) is 10.6. The Morgan fingerprint density at radius 3 is 2.50 bits per heavy atom. The third-order valence-corrected chi connectivity index (χ3v) is 2.46. The van der Waals surface area contributed by atoms with E-state index in [2.05, 4.69) is 9.97 Å². The van der Waals surface area contributed by atoms with Crippen LogP contribution < -0.4 is 4.90 Å². The molecule has 0 unspecified atom stereocenters. The van der Waals surface area contributed by atoms with E-state index in [-0.39, 0.29) is 5.69 Å². The SMILES string of the molecule is CN(c1cnc(C#N)cn1)C(C)(C)C(=O)O. The van der Waals surface area contributed by atoms with Crippen LogP contribution in [0.25, 0.3) is 0 Å². The third kappa shape index (κ3) is 2.08. The van der Waals surface area contributed by atoms with Gasteiger partial charge in [-0.2, -0.15) is 5.26 Å². The largest absolute Gasteiger partial charge is 0.480 e. The molecule has 0 saturated carbocycles. The number of carboxylic acid groups (broad SMARTS) is 1. The second-order valence-electron chi connectivity index (χ2n) is 3.79. The lowest BCUT2D eigenvalue weighted by molar-refractivity contribution is -0.142. The summed E-state index contributed by atoms with van der Waals surface area (Å²) >= 11 is 0. The predicted octanol–water partition coefficient (Wildman–Crippen LogP) is 0.648. The molecule has 0 fully saturated rings. The van der Waals surface area contributed by atoms with Gasteiger partial charge in [0.1, 0.15) is 17.4 Å². The van der Waals surface area contributed by atoms with Crippen molar-refractivity contribution in [2.75, 3.05) is 11.9 Å². The number of carbonyl (C=O) groups is 1. The molecule has 0 aliphatic carbocycles. The van der Waals surface area contributed by atoms with Gasteiger partial charge in [0.2, 0.25) is 0 Å². The molecule has 0 spiro atoms. The maximum absolute atomic E-state index is 11.0. The number of aromatic nitrogens is 2. The van der Waals surface area contributed by atoms with Crippen molar-refractivity contribution < 1.29 is 9.90 Å². The third-order valence-electron chi connectivity index (χ3n) is 2.46. The maximum Gasteiger partial charge on any atom is 0.328 e. The first kappa shape index (κ1) is 11.9. The number of carboxylic acids is 1. The van der Waals surface area contributed by atoms with Crippen molar-refractivity contribution in [3.63, 3.8) is 0 Å². The predicted molar refractivity (Wildman–Crippen MR) is 56.9 cm³/mol. The van der Waals surface area contributed by atoms with E-state index in [0.717, 1.165) is 0 Å². The second kappa shape index (κ2) is 4.14. The molecule has 1 rings (SSSR count). The topological polar surface area (TPSA) is 90.1 Å². The molecular formula is C10H12N4O2. The summed E-state index contributed by atoms with van der Waals surface area (Å²) in [5, 5.41) is 17.6. The molecule has 0 aliphatic heterocycles. The summed E-state index contributed by atoms with van der Waals surface area (Å²) < 4.78 is 0. The lowest BCUT2D eigenvalue weighted by atomic mass is 10.0. The molecule has 6 heteroatoms. The second-order valence-corrected chi connectivity index (χ2v) is 3.79. The average Bonchev–Trinajstić information content (AvgIpc) is 2.28. The number of anilines is 1. The van der Waals surface area contributed by atoms with Crippen molar-refractivity contribution in [1.82, 2.24) is 9.97 Å². The Kier molecular flexibility index (Phi) is 3.09. The van der Waals surface area contributed by atoms with Crippen LogP contribution >= 0.6 is 0 Å². The Morgan fingerprint density at radius 2 is 2.12 bits per heavy atom. The number of nitrogens with zero attached hydrogens (tertiary/aromatic N) is 4. The van der Waals surface area contributed by atoms with E-state index in [0.29, 0.717) is 5.82 Å². The number of nitriles is 1. The van der Waals surface area contributed by atoms with Crippen LogP contribution in [0.5, 0.6) is 0 Å². The highest BCUT2D eigenvalue weighted by atomic mass is 16.4. The average molecular weight is 220 g/mol. The fraction of sp³-hybridized carbons (Fsp3) is 0.400. The van der Waals surface area contributed by atoms with Crippen LogP contribution in [0.1, 0.15) is 19.5 Å². The Balaban J connectivity index is 3.01. The van der Waals surface area contributed by atoms with E-state index in [1.165, 1.54) is 17.3 Å². The van der Waals surface area contributed by atoms with Gasteiger partial charge in [0.05, 0.1) is 12.4 Å². The van der Waals surface area contributed by atoms with Gasteiger partial charge in [0.15, 0.2) is 5.69 Å². The van der Waals surface area contributed by atoms with Crippen molar-refractivity contribution in [3.8, 4) is 6.07 Å². The van der Waals surface area contributed by atoms with Gasteiger partial charge in [-0.1, -0.05) is 0 Å². The number of rotatable bonds is 3. The highest BCUT2D eigenvalue weighted by Crippen LogP contribution is 2.19. The van der Waals surface area contributed by atoms with Crippen molar-refractivity contribution in [3.05, 3.63) is 18.1 Å². The van der Waals surface area contributed by atoms with Crippen molar-refractivity contribution >= 4 is 11.8 Å². The van der Waals surface area contributed by atoms with E-state index in [1.807, 2.05) is 6.07 Å². The minimum atomic E-state index is -1.08. The Bertz CT molecular complexity index is 433. The first-order chi connectivity index (χ1) is 7.39. The number of hydrogen-bond donors (Lipinski definition) is 1. The van der Waals surface area contributed by atoms with Gasteiger partial charge >= 0.3 is 5.97 Å². The van der Waals surface area contributed by atoms with Gasteiger partial charge in [0.25, 0.3) is 0 Å². The van der Waals surface area contributed by atoms with Crippen LogP contribution in [0.2, 0.25) is 0 Å². The van der Waals surface area contributed by atoms with Crippen LogP contribution in [-0.4, -0.2) is 33.6 Å². The smallest absolute Gasteiger partial charge is 0.328 e. The standard InChI is InChI=1S/C10H12N4O2/c1-10(2,9(15)16)14(3)8-6-12-7(4-11)5-13-8/h5-6H,1-3H3,(H,15,16). The van der Waals surface area contributed by atoms with Gasteiger partial charge in [-0.15, -0.1) is 0 Å². The van der Waals surface area contributed by atoms with Crippen LogP contribution in [0.4, 0.5) is 5.82 Å². The minimum absolute atomic E-state index is 0.199. The lowest BCUT2D eigenvalue weighted by Crippen LogP contribution is -2.48. The van der Waals surface area contributed by atoms with Gasteiger partial charge in [-0.05, 0) is 13.8 Å². The fourth-order valence-corrected chi connectivity index (χ4v) is 0.982. The minimum Gasteiger partial charge on any atom is -0.480 e. The van der Waals surface area contributed by atoms with Crippen molar-refractivity contribution in [1.29, 1.82) is 5.26 Å². The fourth-order valence-electron chi connectivity index (χ4n) is 0.982. The molecule has 1 N–H and O–H groups in total. The zero-order valence-electron chi connectivity index (χ0n) is 9.30. The Hall–Kier alpha value is -2.16. The molecule has 0 bridgehead atoms. The molecular weight excluding hydrogens is 208 g/mol. The van der Waals surface area contributed by atoms with Crippen LogP contribution in [0.15, 0.2) is 12.4 Å². The summed E-state index contributed by atoms with van der Waals surface area (Å²) in [7, 11) is 1.62. The first-order valence-corrected chi connectivity index (χ1v) is 4.59. The molecule has 84 valence electrons. The molecule has 0 saturated heterocycles. The van der Waals surface area contributed by atoms with E-state index in [4.69, 9.17) is 10.4 Å². The summed E-state index contributed by atoms with van der Waals surface area (Å²) in [4.78, 5) is 20.3. The van der Waals surface area contributed by atoms with E-state index < -0.39 is 11.5 Å². The molecule has 0 amide bonds. The molecule has 0 aliphatic rings. The lowest BCUT2D eigenvalue weighted by Gasteiger charge is -2.32. The van der Waals surface area contributed by atoms with Crippen LogP contribution in [0.3, 0.4) is 0 Å². The summed E-state index contributed by atoms with van der Waals surface area (Å²) in [5.41, 5.74) is -0.881. The van der Waals surface area contributed by atoms with Crippen LogP contribution in [0, 0.1) is 11.3 Å².